The Balaban J connectivity index is 1.60. The molecule has 5 aromatic rings. The molecule has 0 aliphatic rings. The zero-order chi connectivity index (χ0) is 22.7. The van der Waals surface area contributed by atoms with Crippen LogP contribution in [-0.2, 0) is 0 Å². The van der Waals surface area contributed by atoms with E-state index in [9.17, 15) is 14.9 Å². The Hall–Kier alpha value is -3.78. The monoisotopic (exact) mass is 445 g/mol. The van der Waals surface area contributed by atoms with E-state index in [2.05, 4.69) is 4.98 Å². The highest BCUT2D eigenvalue weighted by molar-refractivity contribution is 7.15. The number of fused-ring (bicyclic) bond motifs is 3. The van der Waals surface area contributed by atoms with Gasteiger partial charge in [0.2, 0.25) is 0 Å². The summed E-state index contributed by atoms with van der Waals surface area (Å²) in [6.07, 6.45) is 1.71. The van der Waals surface area contributed by atoms with Crippen LogP contribution >= 0.6 is 11.3 Å². The molecular formula is C24H19N3O4S. The lowest BCUT2D eigenvalue weighted by Crippen LogP contribution is -2.22. The fourth-order valence-electron chi connectivity index (χ4n) is 3.89. The molecule has 0 amide bonds. The Labute approximate surface area is 186 Å². The highest BCUT2D eigenvalue weighted by Crippen LogP contribution is 2.31. The van der Waals surface area contributed by atoms with E-state index >= 15 is 0 Å². The largest absolute Gasteiger partial charge is 0.457 e. The lowest BCUT2D eigenvalue weighted by atomic mass is 10.0. The van der Waals surface area contributed by atoms with E-state index in [-0.39, 0.29) is 16.2 Å². The maximum absolute atomic E-state index is 13.1. The maximum atomic E-state index is 13.1. The quantitative estimate of drug-likeness (QED) is 0.292. The number of imidazole rings is 1. The van der Waals surface area contributed by atoms with Gasteiger partial charge in [-0.1, -0.05) is 11.3 Å². The first-order valence-corrected chi connectivity index (χ1v) is 10.8. The van der Waals surface area contributed by atoms with Crippen molar-refractivity contribution < 1.29 is 9.34 Å². The van der Waals surface area contributed by atoms with Gasteiger partial charge in [0.05, 0.1) is 16.0 Å². The van der Waals surface area contributed by atoms with Crippen LogP contribution in [0.25, 0.3) is 33.4 Å². The van der Waals surface area contributed by atoms with Crippen molar-refractivity contribution in [2.45, 2.75) is 27.7 Å². The number of furan rings is 1. The third kappa shape index (κ3) is 3.11. The molecule has 0 saturated heterocycles. The molecule has 7 nitrogen and oxygen atoms in total. The molecule has 0 atom stereocenters. The first kappa shape index (κ1) is 20.1. The molecule has 0 spiro atoms. The van der Waals surface area contributed by atoms with E-state index in [1.54, 1.807) is 35.6 Å². The van der Waals surface area contributed by atoms with Crippen LogP contribution < -0.4 is 10.1 Å². The molecule has 0 N–H and O–H groups in total. The third-order valence-corrected chi connectivity index (χ3v) is 6.73. The molecule has 3 aromatic heterocycles. The van der Waals surface area contributed by atoms with Crippen LogP contribution in [-0.4, -0.2) is 14.3 Å². The molecular weight excluding hydrogens is 426 g/mol. The summed E-state index contributed by atoms with van der Waals surface area (Å²) in [5.74, 6) is 1.13. The average Bonchev–Trinajstić information content (AvgIpc) is 3.40. The minimum absolute atomic E-state index is 0.0835. The number of rotatable bonds is 3. The summed E-state index contributed by atoms with van der Waals surface area (Å²) in [6.45, 7) is 7.56. The topological polar surface area (TPSA) is 90.7 Å². The van der Waals surface area contributed by atoms with Crippen molar-refractivity contribution in [3.8, 4) is 11.3 Å². The second-order valence-corrected chi connectivity index (χ2v) is 8.99. The second-order valence-electron chi connectivity index (χ2n) is 7.98. The number of hydrogen-bond acceptors (Lipinski definition) is 6. The number of nitro groups is 1. The molecule has 0 saturated carbocycles. The number of benzene rings is 2. The summed E-state index contributed by atoms with van der Waals surface area (Å²) >= 11 is 1.32. The number of hydrogen-bond donors (Lipinski definition) is 0. The Kier molecular flexibility index (Phi) is 4.49. The molecule has 32 heavy (non-hydrogen) atoms. The summed E-state index contributed by atoms with van der Waals surface area (Å²) in [7, 11) is 0. The minimum Gasteiger partial charge on any atom is -0.457 e. The van der Waals surface area contributed by atoms with Crippen LogP contribution in [0.15, 0.2) is 45.6 Å². The smallest absolute Gasteiger partial charge is 0.275 e. The fraction of sp³-hybridized carbons (Fsp3) is 0.167. The van der Waals surface area contributed by atoms with E-state index < -0.39 is 0 Å². The van der Waals surface area contributed by atoms with Crippen molar-refractivity contribution >= 4 is 39.1 Å². The van der Waals surface area contributed by atoms with Crippen molar-refractivity contribution in [1.29, 1.82) is 0 Å². The average molecular weight is 446 g/mol. The predicted molar refractivity (Wildman–Crippen MR) is 125 cm³/mol. The van der Waals surface area contributed by atoms with Crippen molar-refractivity contribution in [1.82, 2.24) is 9.38 Å². The Morgan fingerprint density at radius 1 is 1.03 bits per heavy atom. The maximum Gasteiger partial charge on any atom is 0.275 e. The lowest BCUT2D eigenvalue weighted by molar-refractivity contribution is -0.385. The molecule has 8 heteroatoms. The second kappa shape index (κ2) is 7.13. The van der Waals surface area contributed by atoms with Gasteiger partial charge in [-0.2, -0.15) is 0 Å². The van der Waals surface area contributed by atoms with Gasteiger partial charge in [0.15, 0.2) is 4.96 Å². The first-order chi connectivity index (χ1) is 15.2. The zero-order valence-electron chi connectivity index (χ0n) is 17.9. The summed E-state index contributed by atoms with van der Waals surface area (Å²) in [5, 5.41) is 11.2. The molecule has 0 unspecified atom stereocenters. The van der Waals surface area contributed by atoms with Crippen LogP contribution in [0.4, 0.5) is 5.69 Å². The van der Waals surface area contributed by atoms with Crippen LogP contribution in [0, 0.1) is 37.8 Å². The molecule has 2 aromatic carbocycles. The third-order valence-electron chi connectivity index (χ3n) is 5.76. The van der Waals surface area contributed by atoms with E-state index in [0.717, 1.165) is 33.3 Å². The van der Waals surface area contributed by atoms with Gasteiger partial charge in [-0.25, -0.2) is 9.38 Å². The van der Waals surface area contributed by atoms with Gasteiger partial charge in [0.25, 0.3) is 11.2 Å². The highest BCUT2D eigenvalue weighted by atomic mass is 32.1. The van der Waals surface area contributed by atoms with Crippen molar-refractivity contribution in [3.05, 3.63) is 89.4 Å². The summed E-state index contributed by atoms with van der Waals surface area (Å²) < 4.78 is 8.15. The van der Waals surface area contributed by atoms with Gasteiger partial charge in [0, 0.05) is 23.3 Å². The molecule has 5 rings (SSSR count). The number of nitro benzene ring substituents is 1. The van der Waals surface area contributed by atoms with Crippen molar-refractivity contribution in [3.63, 3.8) is 0 Å². The number of aryl methyl sites for hydroxylation is 4. The van der Waals surface area contributed by atoms with E-state index in [1.807, 2.05) is 39.0 Å². The molecule has 160 valence electrons. The standard InChI is InChI=1S/C24H19N3O4S/c1-12-8-18-20(9-13(12)2)26-23(28)22(32-24(26)25-18)11-16-5-6-21(31-16)17-7-15(4)19(27(29)30)10-14(17)3/h5-11H,1-4H3. The van der Waals surface area contributed by atoms with Gasteiger partial charge in [-0.3, -0.25) is 14.9 Å². The summed E-state index contributed by atoms with van der Waals surface area (Å²) in [4.78, 5) is 29.1. The van der Waals surface area contributed by atoms with Crippen LogP contribution in [0.1, 0.15) is 28.0 Å². The molecule has 0 radical (unpaired) electrons. The van der Waals surface area contributed by atoms with Crippen molar-refractivity contribution in [2.75, 3.05) is 0 Å². The number of thiazole rings is 1. The van der Waals surface area contributed by atoms with E-state index in [4.69, 9.17) is 4.42 Å². The molecule has 0 aliphatic heterocycles. The Bertz CT molecular complexity index is 1670. The minimum atomic E-state index is -0.386. The Morgan fingerprint density at radius 2 is 1.78 bits per heavy atom. The Morgan fingerprint density at radius 3 is 2.53 bits per heavy atom. The summed E-state index contributed by atoms with van der Waals surface area (Å²) in [6, 6.07) is 10.9. The highest BCUT2D eigenvalue weighted by Gasteiger charge is 2.17. The SMILES string of the molecule is Cc1cc2nc3sc(=Cc4ccc(-c5cc(C)c([N+](=O)[O-])cc5C)o4)c(=O)n3c2cc1C. The molecule has 0 bridgehead atoms. The van der Waals surface area contributed by atoms with Crippen LogP contribution in [0.3, 0.4) is 0 Å². The summed E-state index contributed by atoms with van der Waals surface area (Å²) in [5.41, 5.74) is 5.93. The van der Waals surface area contributed by atoms with Gasteiger partial charge in [-0.05, 0) is 74.7 Å². The number of nitrogens with zero attached hydrogens (tertiary/aromatic N) is 3. The van der Waals surface area contributed by atoms with E-state index in [0.29, 0.717) is 26.6 Å². The lowest BCUT2D eigenvalue weighted by Gasteiger charge is -2.05. The predicted octanol–water partition coefficient (Wildman–Crippen LogP) is 4.86. The number of aromatic nitrogens is 2. The van der Waals surface area contributed by atoms with Gasteiger partial charge in [0.1, 0.15) is 16.1 Å². The van der Waals surface area contributed by atoms with Crippen LogP contribution in [0.5, 0.6) is 0 Å². The first-order valence-electron chi connectivity index (χ1n) is 10.0. The van der Waals surface area contributed by atoms with Gasteiger partial charge >= 0.3 is 0 Å². The van der Waals surface area contributed by atoms with Crippen molar-refractivity contribution in [2.24, 2.45) is 0 Å². The normalized spacial score (nSPS) is 12.3. The fourth-order valence-corrected chi connectivity index (χ4v) is 4.85. The van der Waals surface area contributed by atoms with E-state index in [1.165, 1.54) is 11.3 Å². The van der Waals surface area contributed by atoms with Crippen LogP contribution in [0.2, 0.25) is 0 Å². The van der Waals surface area contributed by atoms with Gasteiger partial charge < -0.3 is 4.42 Å². The molecule has 3 heterocycles. The molecule has 0 aliphatic carbocycles. The zero-order valence-corrected chi connectivity index (χ0v) is 18.7. The molecule has 0 fully saturated rings. The van der Waals surface area contributed by atoms with Gasteiger partial charge in [-0.15, -0.1) is 0 Å².